The summed E-state index contributed by atoms with van der Waals surface area (Å²) < 4.78 is 7.32. The normalized spacial score (nSPS) is 18.9. The summed E-state index contributed by atoms with van der Waals surface area (Å²) in [5.74, 6) is 0.769. The summed E-state index contributed by atoms with van der Waals surface area (Å²) in [6, 6.07) is 27.2. The fourth-order valence-electron chi connectivity index (χ4n) is 4.61. The first kappa shape index (κ1) is 19.9. The SMILES string of the molecule is O=[N+]([O-])c1cccc([C@H]2Oc3ccc(Br)cc3[C@@H]3CC(c4ccc5ccccc5c4)=NN23)c1. The van der Waals surface area contributed by atoms with Gasteiger partial charge >= 0.3 is 0 Å². The van der Waals surface area contributed by atoms with Gasteiger partial charge in [0.2, 0.25) is 6.23 Å². The van der Waals surface area contributed by atoms with Gasteiger partial charge in [-0.15, -0.1) is 0 Å². The van der Waals surface area contributed by atoms with Gasteiger partial charge in [0, 0.05) is 34.2 Å². The predicted octanol–water partition coefficient (Wildman–Crippen LogP) is 6.75. The van der Waals surface area contributed by atoms with E-state index in [1.165, 1.54) is 11.5 Å². The predicted molar refractivity (Wildman–Crippen MR) is 130 cm³/mol. The van der Waals surface area contributed by atoms with Gasteiger partial charge in [-0.1, -0.05) is 64.5 Å². The molecule has 0 saturated heterocycles. The van der Waals surface area contributed by atoms with Gasteiger partial charge in [-0.2, -0.15) is 5.10 Å². The summed E-state index contributed by atoms with van der Waals surface area (Å²) in [6.07, 6.45) is 0.165. The van der Waals surface area contributed by atoms with Crippen molar-refractivity contribution in [2.75, 3.05) is 0 Å². The van der Waals surface area contributed by atoms with Crippen molar-refractivity contribution >= 4 is 38.1 Å². The molecule has 0 bridgehead atoms. The molecule has 0 amide bonds. The second-order valence-corrected chi connectivity index (χ2v) is 9.13. The molecule has 0 aliphatic carbocycles. The van der Waals surface area contributed by atoms with Gasteiger partial charge in [0.25, 0.3) is 5.69 Å². The zero-order chi connectivity index (χ0) is 22.5. The molecule has 4 aromatic carbocycles. The van der Waals surface area contributed by atoms with Crippen molar-refractivity contribution in [3.63, 3.8) is 0 Å². The fraction of sp³-hybridized carbons (Fsp3) is 0.115. The standard InChI is InChI=1S/C26H18BrN3O3/c27-20-10-11-25-22(14-20)24-15-23(18-9-8-16-4-1-2-5-17(16)12-18)28-29(24)26(33-25)19-6-3-7-21(13-19)30(31)32/h1-14,24,26H,15H2/t24-,26+/m0/s1. The van der Waals surface area contributed by atoms with E-state index in [0.717, 1.165) is 38.9 Å². The minimum absolute atomic E-state index is 0.0306. The maximum atomic E-state index is 11.4. The molecule has 0 aromatic heterocycles. The van der Waals surface area contributed by atoms with Gasteiger partial charge in [0.05, 0.1) is 16.7 Å². The molecule has 7 heteroatoms. The molecule has 2 aliphatic heterocycles. The Morgan fingerprint density at radius 1 is 0.970 bits per heavy atom. The Kier molecular flexibility index (Phi) is 4.66. The van der Waals surface area contributed by atoms with Crippen LogP contribution in [-0.2, 0) is 0 Å². The van der Waals surface area contributed by atoms with Gasteiger partial charge in [-0.25, -0.2) is 5.01 Å². The highest BCUT2D eigenvalue weighted by molar-refractivity contribution is 9.10. The smallest absolute Gasteiger partial charge is 0.269 e. The van der Waals surface area contributed by atoms with E-state index in [0.29, 0.717) is 5.56 Å². The van der Waals surface area contributed by atoms with E-state index < -0.39 is 6.23 Å². The summed E-state index contributed by atoms with van der Waals surface area (Å²) in [5.41, 5.74) is 3.82. The average molecular weight is 500 g/mol. The maximum Gasteiger partial charge on any atom is 0.269 e. The van der Waals surface area contributed by atoms with Crippen molar-refractivity contribution in [3.8, 4) is 5.75 Å². The van der Waals surface area contributed by atoms with Crippen LogP contribution in [0.1, 0.15) is 35.4 Å². The monoisotopic (exact) mass is 499 g/mol. The van der Waals surface area contributed by atoms with E-state index in [-0.39, 0.29) is 16.7 Å². The van der Waals surface area contributed by atoms with Gasteiger partial charge in [-0.3, -0.25) is 10.1 Å². The van der Waals surface area contributed by atoms with E-state index >= 15 is 0 Å². The Bertz CT molecular complexity index is 1450. The Labute approximate surface area is 198 Å². The van der Waals surface area contributed by atoms with E-state index in [9.17, 15) is 10.1 Å². The first-order valence-electron chi connectivity index (χ1n) is 10.6. The number of ether oxygens (including phenoxy) is 1. The van der Waals surface area contributed by atoms with Crippen molar-refractivity contribution in [3.05, 3.63) is 116 Å². The molecule has 33 heavy (non-hydrogen) atoms. The molecule has 162 valence electrons. The molecule has 2 heterocycles. The summed E-state index contributed by atoms with van der Waals surface area (Å²) in [4.78, 5) is 11.0. The van der Waals surface area contributed by atoms with Crippen molar-refractivity contribution in [1.29, 1.82) is 0 Å². The topological polar surface area (TPSA) is 68.0 Å². The molecule has 0 unspecified atom stereocenters. The molecule has 6 rings (SSSR count). The van der Waals surface area contributed by atoms with Crippen LogP contribution in [0.3, 0.4) is 0 Å². The van der Waals surface area contributed by atoms with Crippen LogP contribution in [0, 0.1) is 10.1 Å². The van der Waals surface area contributed by atoms with Crippen LogP contribution in [0.15, 0.2) is 94.5 Å². The Morgan fingerprint density at radius 3 is 2.67 bits per heavy atom. The molecule has 0 fully saturated rings. The van der Waals surface area contributed by atoms with Crippen LogP contribution in [0.2, 0.25) is 0 Å². The Balaban J connectivity index is 1.46. The number of hydrogen-bond acceptors (Lipinski definition) is 5. The van der Waals surface area contributed by atoms with Crippen molar-refractivity contribution < 1.29 is 9.66 Å². The number of benzene rings is 4. The first-order chi connectivity index (χ1) is 16.1. The maximum absolute atomic E-state index is 11.4. The van der Waals surface area contributed by atoms with E-state index in [1.807, 2.05) is 35.3 Å². The third-order valence-corrected chi connectivity index (χ3v) is 6.69. The lowest BCUT2D eigenvalue weighted by Crippen LogP contribution is -2.33. The van der Waals surface area contributed by atoms with Gasteiger partial charge in [-0.05, 0) is 40.6 Å². The minimum atomic E-state index is -0.554. The molecule has 0 saturated carbocycles. The van der Waals surface area contributed by atoms with Crippen LogP contribution in [-0.4, -0.2) is 15.6 Å². The molecule has 2 atom stereocenters. The highest BCUT2D eigenvalue weighted by Crippen LogP contribution is 2.48. The summed E-state index contributed by atoms with van der Waals surface area (Å²) in [6.45, 7) is 0. The first-order valence-corrected chi connectivity index (χ1v) is 11.4. The van der Waals surface area contributed by atoms with Crippen molar-refractivity contribution in [1.82, 2.24) is 5.01 Å². The zero-order valence-corrected chi connectivity index (χ0v) is 19.0. The molecule has 0 N–H and O–H groups in total. The van der Waals surface area contributed by atoms with Crippen molar-refractivity contribution in [2.45, 2.75) is 18.7 Å². The molecule has 0 spiro atoms. The van der Waals surface area contributed by atoms with Crippen LogP contribution in [0.5, 0.6) is 5.75 Å². The van der Waals surface area contributed by atoms with E-state index in [1.54, 1.807) is 12.1 Å². The summed E-state index contributed by atoms with van der Waals surface area (Å²) in [5, 5.41) is 20.6. The highest BCUT2D eigenvalue weighted by Gasteiger charge is 2.41. The Hall–Kier alpha value is -3.71. The molecular formula is C26H18BrN3O3. The number of nitro benzene ring substituents is 1. The third-order valence-electron chi connectivity index (χ3n) is 6.20. The summed E-state index contributed by atoms with van der Waals surface area (Å²) >= 11 is 3.57. The number of rotatable bonds is 3. The van der Waals surface area contributed by atoms with E-state index in [2.05, 4.69) is 52.3 Å². The number of hydrogen-bond donors (Lipinski definition) is 0. The number of halogens is 1. The molecule has 4 aromatic rings. The second-order valence-electron chi connectivity index (χ2n) is 8.21. The van der Waals surface area contributed by atoms with Gasteiger partial charge in [0.15, 0.2) is 0 Å². The molecule has 6 nitrogen and oxygen atoms in total. The molecule has 2 aliphatic rings. The molecule has 0 radical (unpaired) electrons. The van der Waals surface area contributed by atoms with Crippen molar-refractivity contribution in [2.24, 2.45) is 5.10 Å². The van der Waals surface area contributed by atoms with Crippen LogP contribution in [0.25, 0.3) is 10.8 Å². The van der Waals surface area contributed by atoms with Gasteiger partial charge in [0.1, 0.15) is 5.75 Å². The van der Waals surface area contributed by atoms with E-state index in [4.69, 9.17) is 9.84 Å². The van der Waals surface area contributed by atoms with Crippen LogP contribution in [0.4, 0.5) is 5.69 Å². The Morgan fingerprint density at radius 2 is 1.82 bits per heavy atom. The lowest BCUT2D eigenvalue weighted by Gasteiger charge is -2.38. The number of non-ortho nitro benzene ring substituents is 1. The lowest BCUT2D eigenvalue weighted by molar-refractivity contribution is -0.385. The number of fused-ring (bicyclic) bond motifs is 4. The molecular weight excluding hydrogens is 482 g/mol. The lowest BCUT2D eigenvalue weighted by atomic mass is 9.95. The van der Waals surface area contributed by atoms with Crippen LogP contribution < -0.4 is 4.74 Å². The van der Waals surface area contributed by atoms with Crippen LogP contribution >= 0.6 is 15.9 Å². The largest absolute Gasteiger partial charge is 0.464 e. The second kappa shape index (κ2) is 7.71. The zero-order valence-electron chi connectivity index (χ0n) is 17.4. The number of nitro groups is 1. The minimum Gasteiger partial charge on any atom is -0.464 e. The van der Waals surface area contributed by atoms with Gasteiger partial charge < -0.3 is 4.74 Å². The number of hydrazone groups is 1. The summed E-state index contributed by atoms with van der Waals surface area (Å²) in [7, 11) is 0. The fourth-order valence-corrected chi connectivity index (χ4v) is 4.99. The third kappa shape index (κ3) is 3.45. The average Bonchev–Trinajstić information content (AvgIpc) is 3.29. The number of nitrogens with zero attached hydrogens (tertiary/aromatic N) is 3. The highest BCUT2D eigenvalue weighted by atomic mass is 79.9. The quantitative estimate of drug-likeness (QED) is 0.231.